The number of halogens is 2. The predicted molar refractivity (Wildman–Crippen MR) is 85.5 cm³/mol. The van der Waals surface area contributed by atoms with Crippen LogP contribution >= 0.6 is 15.9 Å². The molecule has 1 aromatic rings. The lowest BCUT2D eigenvalue weighted by atomic mass is 10.0. The SMILES string of the molecule is Fc1cc(Br)ccc1CN1CC(C2CC2)NCC1C1CC1. The van der Waals surface area contributed by atoms with Crippen molar-refractivity contribution in [2.45, 2.75) is 44.3 Å². The first-order chi connectivity index (χ1) is 10.2. The van der Waals surface area contributed by atoms with Gasteiger partial charge in [0.2, 0.25) is 0 Å². The summed E-state index contributed by atoms with van der Waals surface area (Å²) in [4.78, 5) is 2.55. The number of rotatable bonds is 4. The second kappa shape index (κ2) is 5.64. The zero-order chi connectivity index (χ0) is 14.4. The van der Waals surface area contributed by atoms with Gasteiger partial charge in [0.1, 0.15) is 5.82 Å². The summed E-state index contributed by atoms with van der Waals surface area (Å²) in [5.41, 5.74) is 0.834. The smallest absolute Gasteiger partial charge is 0.128 e. The van der Waals surface area contributed by atoms with Crippen LogP contribution in [0.25, 0.3) is 0 Å². The van der Waals surface area contributed by atoms with Crippen molar-refractivity contribution in [3.05, 3.63) is 34.1 Å². The molecular formula is C17H22BrFN2. The van der Waals surface area contributed by atoms with Gasteiger partial charge in [-0.25, -0.2) is 4.39 Å². The summed E-state index contributed by atoms with van der Waals surface area (Å²) in [6, 6.07) is 6.69. The van der Waals surface area contributed by atoms with Crippen LogP contribution in [0.5, 0.6) is 0 Å². The molecule has 1 aliphatic heterocycles. The monoisotopic (exact) mass is 352 g/mol. The van der Waals surface area contributed by atoms with E-state index in [-0.39, 0.29) is 5.82 Å². The molecule has 3 fully saturated rings. The molecule has 3 aliphatic rings. The van der Waals surface area contributed by atoms with Crippen LogP contribution in [0.3, 0.4) is 0 Å². The topological polar surface area (TPSA) is 15.3 Å². The van der Waals surface area contributed by atoms with Crippen LogP contribution in [-0.4, -0.2) is 30.1 Å². The first-order valence-electron chi connectivity index (χ1n) is 8.12. The van der Waals surface area contributed by atoms with Crippen molar-refractivity contribution < 1.29 is 4.39 Å². The van der Waals surface area contributed by atoms with Crippen LogP contribution in [-0.2, 0) is 6.54 Å². The zero-order valence-electron chi connectivity index (χ0n) is 12.2. The van der Waals surface area contributed by atoms with E-state index < -0.39 is 0 Å². The van der Waals surface area contributed by atoms with Crippen LogP contribution in [0.15, 0.2) is 22.7 Å². The highest BCUT2D eigenvalue weighted by molar-refractivity contribution is 9.10. The van der Waals surface area contributed by atoms with Gasteiger partial charge in [-0.2, -0.15) is 0 Å². The van der Waals surface area contributed by atoms with Gasteiger partial charge in [0, 0.05) is 41.8 Å². The van der Waals surface area contributed by atoms with Crippen molar-refractivity contribution in [3.8, 4) is 0 Å². The number of hydrogen-bond acceptors (Lipinski definition) is 2. The fraction of sp³-hybridized carbons (Fsp3) is 0.647. The maximum atomic E-state index is 14.1. The maximum absolute atomic E-state index is 14.1. The average molecular weight is 353 g/mol. The average Bonchev–Trinajstić information content (AvgIpc) is 3.35. The van der Waals surface area contributed by atoms with Gasteiger partial charge in [-0.1, -0.05) is 22.0 Å². The number of piperazine rings is 1. The Hall–Kier alpha value is -0.450. The predicted octanol–water partition coefficient (Wildman–Crippen LogP) is 3.55. The minimum absolute atomic E-state index is 0.0829. The van der Waals surface area contributed by atoms with E-state index in [1.807, 2.05) is 12.1 Å². The lowest BCUT2D eigenvalue weighted by Gasteiger charge is -2.41. The summed E-state index contributed by atoms with van der Waals surface area (Å²) in [5.74, 6) is 1.61. The van der Waals surface area contributed by atoms with E-state index in [4.69, 9.17) is 0 Å². The van der Waals surface area contributed by atoms with Crippen molar-refractivity contribution in [1.82, 2.24) is 10.2 Å². The van der Waals surface area contributed by atoms with Gasteiger partial charge < -0.3 is 5.32 Å². The molecule has 2 aliphatic carbocycles. The highest BCUT2D eigenvalue weighted by atomic mass is 79.9. The summed E-state index contributed by atoms with van der Waals surface area (Å²) in [6.45, 7) is 2.93. The normalized spacial score (nSPS) is 30.6. The minimum atomic E-state index is -0.0829. The second-order valence-electron chi connectivity index (χ2n) is 6.92. The molecule has 0 aromatic heterocycles. The van der Waals surface area contributed by atoms with Crippen LogP contribution in [0.1, 0.15) is 31.2 Å². The third kappa shape index (κ3) is 3.17. The first kappa shape index (κ1) is 14.2. The number of hydrogen-bond donors (Lipinski definition) is 1. The Kier molecular flexibility index (Phi) is 3.80. The molecule has 4 heteroatoms. The van der Waals surface area contributed by atoms with Gasteiger partial charge in [0.25, 0.3) is 0 Å². The van der Waals surface area contributed by atoms with E-state index >= 15 is 0 Å². The van der Waals surface area contributed by atoms with Crippen molar-refractivity contribution >= 4 is 15.9 Å². The largest absolute Gasteiger partial charge is 0.311 e. The van der Waals surface area contributed by atoms with E-state index in [1.54, 1.807) is 6.07 Å². The molecule has 0 spiro atoms. The van der Waals surface area contributed by atoms with Crippen LogP contribution < -0.4 is 5.32 Å². The first-order valence-corrected chi connectivity index (χ1v) is 8.91. The summed E-state index contributed by atoms with van der Waals surface area (Å²) < 4.78 is 15.0. The standard InChI is InChI=1S/C17H22BrFN2/c18-14-6-5-13(15(19)7-14)9-21-10-16(11-1-2-11)20-8-17(21)12-3-4-12/h5-7,11-12,16-17,20H,1-4,8-10H2. The van der Waals surface area contributed by atoms with Crippen LogP contribution in [0.4, 0.5) is 4.39 Å². The van der Waals surface area contributed by atoms with Gasteiger partial charge in [0.15, 0.2) is 0 Å². The Morgan fingerprint density at radius 2 is 1.95 bits per heavy atom. The quantitative estimate of drug-likeness (QED) is 0.891. The highest BCUT2D eigenvalue weighted by Crippen LogP contribution is 2.40. The molecule has 21 heavy (non-hydrogen) atoms. The molecule has 2 unspecified atom stereocenters. The molecule has 2 nitrogen and oxygen atoms in total. The molecule has 4 rings (SSSR count). The number of nitrogens with zero attached hydrogens (tertiary/aromatic N) is 1. The molecule has 1 heterocycles. The Labute approximate surface area is 134 Å². The molecule has 1 aromatic carbocycles. The lowest BCUT2D eigenvalue weighted by molar-refractivity contribution is 0.0992. The van der Waals surface area contributed by atoms with Crippen molar-refractivity contribution in [3.63, 3.8) is 0 Å². The molecule has 2 saturated carbocycles. The molecule has 1 N–H and O–H groups in total. The summed E-state index contributed by atoms with van der Waals surface area (Å²) in [5, 5.41) is 3.75. The lowest BCUT2D eigenvalue weighted by Crippen LogP contribution is -2.57. The molecule has 1 saturated heterocycles. The molecule has 0 bridgehead atoms. The van der Waals surface area contributed by atoms with Gasteiger partial charge in [-0.15, -0.1) is 0 Å². The van der Waals surface area contributed by atoms with Crippen molar-refractivity contribution in [1.29, 1.82) is 0 Å². The van der Waals surface area contributed by atoms with E-state index in [0.717, 1.165) is 41.5 Å². The van der Waals surface area contributed by atoms with E-state index in [9.17, 15) is 4.39 Å². The number of nitrogens with one attached hydrogen (secondary N) is 1. The summed E-state index contributed by atoms with van der Waals surface area (Å²) in [7, 11) is 0. The Bertz CT molecular complexity index is 528. The summed E-state index contributed by atoms with van der Waals surface area (Å²) >= 11 is 3.34. The molecule has 114 valence electrons. The third-order valence-corrected chi connectivity index (χ3v) is 5.73. The molecule has 0 radical (unpaired) electrons. The molecule has 0 amide bonds. The van der Waals surface area contributed by atoms with Gasteiger partial charge in [-0.05, 0) is 49.7 Å². The zero-order valence-corrected chi connectivity index (χ0v) is 13.8. The Morgan fingerprint density at radius 3 is 2.62 bits per heavy atom. The van der Waals surface area contributed by atoms with Crippen LogP contribution in [0.2, 0.25) is 0 Å². The van der Waals surface area contributed by atoms with Crippen molar-refractivity contribution in [2.75, 3.05) is 13.1 Å². The Morgan fingerprint density at radius 1 is 1.19 bits per heavy atom. The van der Waals surface area contributed by atoms with Gasteiger partial charge in [-0.3, -0.25) is 4.90 Å². The van der Waals surface area contributed by atoms with Crippen molar-refractivity contribution in [2.24, 2.45) is 11.8 Å². The maximum Gasteiger partial charge on any atom is 0.128 e. The van der Waals surface area contributed by atoms with Gasteiger partial charge in [0.05, 0.1) is 0 Å². The fourth-order valence-corrected chi connectivity index (χ4v) is 4.00. The van der Waals surface area contributed by atoms with Gasteiger partial charge >= 0.3 is 0 Å². The van der Waals surface area contributed by atoms with E-state index in [2.05, 4.69) is 26.1 Å². The summed E-state index contributed by atoms with van der Waals surface area (Å²) in [6.07, 6.45) is 5.43. The second-order valence-corrected chi connectivity index (χ2v) is 7.84. The molecule has 2 atom stereocenters. The third-order valence-electron chi connectivity index (χ3n) is 5.24. The molecular weight excluding hydrogens is 331 g/mol. The van der Waals surface area contributed by atoms with E-state index in [0.29, 0.717) is 12.1 Å². The highest BCUT2D eigenvalue weighted by Gasteiger charge is 2.42. The fourth-order valence-electron chi connectivity index (χ4n) is 3.66. The number of benzene rings is 1. The minimum Gasteiger partial charge on any atom is -0.311 e. The van der Waals surface area contributed by atoms with E-state index in [1.165, 1.54) is 25.7 Å². The van der Waals surface area contributed by atoms with Crippen LogP contribution in [0, 0.1) is 17.7 Å². The Balaban J connectivity index is 1.50.